The average molecular weight is 512 g/mol. The van der Waals surface area contributed by atoms with Crippen LogP contribution in [0.5, 0.6) is 0 Å². The molecular formula is C34H33N5. The molecule has 1 aromatic heterocycles. The highest BCUT2D eigenvalue weighted by molar-refractivity contribution is 5.76. The molecule has 1 aliphatic rings. The zero-order valence-electron chi connectivity index (χ0n) is 22.1. The Morgan fingerprint density at radius 3 is 1.64 bits per heavy atom. The number of hydrogen-bond acceptors (Lipinski definition) is 4. The van der Waals surface area contributed by atoms with Crippen LogP contribution in [-0.4, -0.2) is 51.9 Å². The monoisotopic (exact) mass is 511 g/mol. The van der Waals surface area contributed by atoms with Crippen LogP contribution in [0.25, 0.3) is 0 Å². The lowest BCUT2D eigenvalue weighted by atomic mass is 9.77. The first kappa shape index (κ1) is 24.8. The number of imidazole rings is 1. The van der Waals surface area contributed by atoms with Crippen molar-refractivity contribution in [1.29, 1.82) is 0 Å². The summed E-state index contributed by atoms with van der Waals surface area (Å²) in [5.74, 6) is 0. The van der Waals surface area contributed by atoms with Gasteiger partial charge in [0.25, 0.3) is 0 Å². The SMILES string of the molecule is C(=N\N1CCN(Cc2ccccc2)CC1)/c1cn(C(c2ccccc2)(c2ccccc2)c2ccccc2)cn1. The second-order valence-corrected chi connectivity index (χ2v) is 9.97. The Hall–Kier alpha value is -4.48. The van der Waals surface area contributed by atoms with Crippen LogP contribution in [0.1, 0.15) is 27.9 Å². The lowest BCUT2D eigenvalue weighted by Crippen LogP contribution is -2.43. The maximum Gasteiger partial charge on any atom is 0.121 e. The van der Waals surface area contributed by atoms with Gasteiger partial charge in [-0.25, -0.2) is 4.98 Å². The van der Waals surface area contributed by atoms with E-state index in [9.17, 15) is 0 Å². The predicted molar refractivity (Wildman–Crippen MR) is 158 cm³/mol. The van der Waals surface area contributed by atoms with E-state index in [-0.39, 0.29) is 0 Å². The third-order valence-electron chi connectivity index (χ3n) is 7.52. The topological polar surface area (TPSA) is 36.7 Å². The number of piperazine rings is 1. The average Bonchev–Trinajstić information content (AvgIpc) is 3.49. The van der Waals surface area contributed by atoms with Gasteiger partial charge in [-0.15, -0.1) is 0 Å². The molecule has 0 spiro atoms. The minimum atomic E-state index is -0.564. The lowest BCUT2D eigenvalue weighted by molar-refractivity contribution is 0.131. The van der Waals surface area contributed by atoms with Crippen LogP contribution >= 0.6 is 0 Å². The van der Waals surface area contributed by atoms with E-state index in [0.717, 1.165) is 38.4 Å². The van der Waals surface area contributed by atoms with Crippen molar-refractivity contribution in [2.24, 2.45) is 5.10 Å². The molecule has 5 aromatic rings. The Bertz CT molecular complexity index is 1380. The highest BCUT2D eigenvalue weighted by atomic mass is 15.5. The van der Waals surface area contributed by atoms with Gasteiger partial charge in [-0.3, -0.25) is 9.91 Å². The van der Waals surface area contributed by atoms with E-state index in [1.165, 1.54) is 22.3 Å². The fourth-order valence-corrected chi connectivity index (χ4v) is 5.57. The molecule has 0 bridgehead atoms. The molecule has 0 amide bonds. The van der Waals surface area contributed by atoms with E-state index in [4.69, 9.17) is 10.1 Å². The first-order valence-electron chi connectivity index (χ1n) is 13.6. The third-order valence-corrected chi connectivity index (χ3v) is 7.52. The summed E-state index contributed by atoms with van der Waals surface area (Å²) in [4.78, 5) is 7.28. The molecule has 6 rings (SSSR count). The van der Waals surface area contributed by atoms with Gasteiger partial charge in [0.1, 0.15) is 11.2 Å². The number of aromatic nitrogens is 2. The van der Waals surface area contributed by atoms with Crippen molar-refractivity contribution < 1.29 is 0 Å². The van der Waals surface area contributed by atoms with Gasteiger partial charge >= 0.3 is 0 Å². The standard InChI is InChI=1S/C34H33N5/c1-5-13-29(14-6-1)26-37-21-23-39(24-22-37)36-25-33-27-38(28-35-33)34(30-15-7-2-8-16-30,31-17-9-3-10-18-31)32-19-11-4-12-20-32/h1-20,25,27-28H,21-24,26H2/b36-25+. The van der Waals surface area contributed by atoms with Crippen molar-refractivity contribution in [2.75, 3.05) is 26.2 Å². The second-order valence-electron chi connectivity index (χ2n) is 9.97. The first-order chi connectivity index (χ1) is 19.3. The molecule has 2 heterocycles. The van der Waals surface area contributed by atoms with Gasteiger partial charge in [-0.2, -0.15) is 5.10 Å². The van der Waals surface area contributed by atoms with Crippen molar-refractivity contribution in [3.8, 4) is 0 Å². The molecule has 39 heavy (non-hydrogen) atoms. The van der Waals surface area contributed by atoms with Gasteiger partial charge in [-0.1, -0.05) is 121 Å². The molecule has 0 atom stereocenters. The molecule has 4 aromatic carbocycles. The molecule has 0 N–H and O–H groups in total. The Morgan fingerprint density at radius 1 is 0.641 bits per heavy atom. The van der Waals surface area contributed by atoms with Crippen molar-refractivity contribution in [3.05, 3.63) is 162 Å². The summed E-state index contributed by atoms with van der Waals surface area (Å²) in [5, 5.41) is 6.97. The van der Waals surface area contributed by atoms with Gasteiger partial charge < -0.3 is 4.57 Å². The molecule has 1 aliphatic heterocycles. The van der Waals surface area contributed by atoms with Crippen molar-refractivity contribution >= 4 is 6.21 Å². The normalized spacial score (nSPS) is 14.6. The smallest absolute Gasteiger partial charge is 0.121 e. The van der Waals surface area contributed by atoms with Gasteiger partial charge in [0, 0.05) is 38.9 Å². The Balaban J connectivity index is 1.27. The summed E-state index contributed by atoms with van der Waals surface area (Å²) in [6, 6.07) is 42.7. The van der Waals surface area contributed by atoms with Gasteiger partial charge in [0.05, 0.1) is 12.5 Å². The van der Waals surface area contributed by atoms with Crippen LogP contribution in [0.15, 0.2) is 139 Å². The predicted octanol–water partition coefficient (Wildman–Crippen LogP) is 5.88. The largest absolute Gasteiger partial charge is 0.318 e. The summed E-state index contributed by atoms with van der Waals surface area (Å²) in [6.45, 7) is 4.81. The maximum absolute atomic E-state index is 4.81. The van der Waals surface area contributed by atoms with E-state index in [1.54, 1.807) is 0 Å². The summed E-state index contributed by atoms with van der Waals surface area (Å²) >= 11 is 0. The Kier molecular flexibility index (Phi) is 7.32. The highest BCUT2D eigenvalue weighted by Crippen LogP contribution is 2.40. The zero-order chi connectivity index (χ0) is 26.3. The first-order valence-corrected chi connectivity index (χ1v) is 13.6. The van der Waals surface area contributed by atoms with Gasteiger partial charge in [0.2, 0.25) is 0 Å². The van der Waals surface area contributed by atoms with Crippen molar-refractivity contribution in [2.45, 2.75) is 12.1 Å². The molecule has 5 nitrogen and oxygen atoms in total. The number of hydrazone groups is 1. The van der Waals surface area contributed by atoms with E-state index in [1.807, 2.05) is 12.5 Å². The minimum absolute atomic E-state index is 0.564. The molecule has 1 saturated heterocycles. The number of nitrogens with zero attached hydrogens (tertiary/aromatic N) is 5. The molecule has 1 fully saturated rings. The summed E-state index contributed by atoms with van der Waals surface area (Å²) in [7, 11) is 0. The van der Waals surface area contributed by atoms with Gasteiger partial charge in [0.15, 0.2) is 0 Å². The Morgan fingerprint density at radius 2 is 1.13 bits per heavy atom. The number of rotatable bonds is 8. The fraction of sp³-hybridized carbons (Fsp3) is 0.176. The van der Waals surface area contributed by atoms with Crippen molar-refractivity contribution in [3.63, 3.8) is 0 Å². The van der Waals surface area contributed by atoms with Crippen LogP contribution < -0.4 is 0 Å². The number of benzene rings is 4. The molecule has 5 heteroatoms. The molecule has 0 unspecified atom stereocenters. The summed E-state index contributed by atoms with van der Waals surface area (Å²) in [5.41, 5.74) is 5.17. The summed E-state index contributed by atoms with van der Waals surface area (Å²) < 4.78 is 2.23. The fourth-order valence-electron chi connectivity index (χ4n) is 5.57. The maximum atomic E-state index is 4.81. The van der Waals surface area contributed by atoms with Gasteiger partial charge in [-0.05, 0) is 22.3 Å². The molecule has 0 saturated carbocycles. The van der Waals surface area contributed by atoms with E-state index in [0.29, 0.717) is 0 Å². The summed E-state index contributed by atoms with van der Waals surface area (Å²) in [6.07, 6.45) is 5.95. The third kappa shape index (κ3) is 5.27. The Labute approximate surface area is 230 Å². The zero-order valence-corrected chi connectivity index (χ0v) is 22.1. The highest BCUT2D eigenvalue weighted by Gasteiger charge is 2.38. The number of hydrogen-bond donors (Lipinski definition) is 0. The van der Waals surface area contributed by atoms with Crippen LogP contribution in [0, 0.1) is 0 Å². The second kappa shape index (κ2) is 11.5. The van der Waals surface area contributed by atoms with Crippen LogP contribution in [-0.2, 0) is 12.1 Å². The van der Waals surface area contributed by atoms with Crippen LogP contribution in [0.3, 0.4) is 0 Å². The molecule has 0 radical (unpaired) electrons. The van der Waals surface area contributed by atoms with E-state index >= 15 is 0 Å². The van der Waals surface area contributed by atoms with E-state index < -0.39 is 5.54 Å². The molecule has 194 valence electrons. The van der Waals surface area contributed by atoms with E-state index in [2.05, 4.69) is 142 Å². The quantitative estimate of drug-likeness (QED) is 0.193. The van der Waals surface area contributed by atoms with Crippen LogP contribution in [0.2, 0.25) is 0 Å². The molecular weight excluding hydrogens is 478 g/mol. The lowest BCUT2D eigenvalue weighted by Gasteiger charge is -2.37. The molecule has 0 aliphatic carbocycles. The van der Waals surface area contributed by atoms with Crippen LogP contribution in [0.4, 0.5) is 0 Å². The minimum Gasteiger partial charge on any atom is -0.318 e. The van der Waals surface area contributed by atoms with Crippen molar-refractivity contribution in [1.82, 2.24) is 19.5 Å².